The van der Waals surface area contributed by atoms with Gasteiger partial charge in [-0.2, -0.15) is 0 Å². The van der Waals surface area contributed by atoms with Crippen LogP contribution < -0.4 is 5.32 Å². The van der Waals surface area contributed by atoms with E-state index in [0.717, 1.165) is 17.8 Å². The molecule has 2 aliphatic rings. The molecule has 1 aliphatic carbocycles. The molecule has 1 saturated heterocycles. The van der Waals surface area contributed by atoms with Crippen molar-refractivity contribution in [1.29, 1.82) is 0 Å². The van der Waals surface area contributed by atoms with E-state index in [4.69, 9.17) is 0 Å². The zero-order chi connectivity index (χ0) is 7.35. The first-order chi connectivity index (χ1) is 4.61. The monoisotopic (exact) mass is 155 g/mol. The molecular formula is C10H21N. The van der Waals surface area contributed by atoms with Crippen LogP contribution in [0.2, 0.25) is 0 Å². The zero-order valence-electron chi connectivity index (χ0n) is 7.15. The topological polar surface area (TPSA) is 12.0 Å². The summed E-state index contributed by atoms with van der Waals surface area (Å²) < 4.78 is 0. The maximum absolute atomic E-state index is 3.42. The molecular weight excluding hydrogens is 134 g/mol. The summed E-state index contributed by atoms with van der Waals surface area (Å²) in [6.45, 7) is 9.68. The molecule has 0 spiro atoms. The van der Waals surface area contributed by atoms with Crippen molar-refractivity contribution in [2.24, 2.45) is 23.2 Å². The van der Waals surface area contributed by atoms with Crippen molar-refractivity contribution in [3.8, 4) is 0 Å². The summed E-state index contributed by atoms with van der Waals surface area (Å²) in [5, 5.41) is 3.42. The van der Waals surface area contributed by atoms with Crippen molar-refractivity contribution in [2.75, 3.05) is 13.1 Å². The fraction of sp³-hybridized carbons (Fsp3) is 1.00. The summed E-state index contributed by atoms with van der Waals surface area (Å²) in [6, 6.07) is 0. The second-order valence-corrected chi connectivity index (χ2v) is 4.88. The number of hydrogen-bond acceptors (Lipinski definition) is 1. The second-order valence-electron chi connectivity index (χ2n) is 4.88. The van der Waals surface area contributed by atoms with Crippen molar-refractivity contribution < 1.29 is 0 Å². The molecule has 1 aliphatic heterocycles. The maximum atomic E-state index is 3.42. The van der Waals surface area contributed by atoms with Crippen LogP contribution in [0.15, 0.2) is 0 Å². The van der Waals surface area contributed by atoms with Crippen LogP contribution in [0.1, 0.15) is 28.2 Å². The van der Waals surface area contributed by atoms with E-state index in [0.29, 0.717) is 5.41 Å². The molecule has 0 radical (unpaired) electrons. The van der Waals surface area contributed by atoms with Crippen LogP contribution in [0.3, 0.4) is 0 Å². The number of piperidine rings is 1. The molecule has 1 heteroatoms. The molecule has 1 saturated carbocycles. The number of hydrogen-bond donors (Lipinski definition) is 1. The van der Waals surface area contributed by atoms with Gasteiger partial charge < -0.3 is 5.32 Å². The first-order valence-electron chi connectivity index (χ1n) is 4.31. The Hall–Kier alpha value is -0.0400. The van der Waals surface area contributed by atoms with Crippen LogP contribution in [0, 0.1) is 23.2 Å². The van der Waals surface area contributed by atoms with Crippen molar-refractivity contribution in [1.82, 2.24) is 5.32 Å². The molecule has 2 atom stereocenters. The number of nitrogens with one attached hydrogen (secondary N) is 1. The summed E-state index contributed by atoms with van der Waals surface area (Å²) in [5.74, 6) is 3.08. The molecule has 1 nitrogen and oxygen atoms in total. The fourth-order valence-corrected chi connectivity index (χ4v) is 2.70. The predicted octanol–water partition coefficient (Wildman–Crippen LogP) is 2.13. The van der Waals surface area contributed by atoms with E-state index in [1.807, 2.05) is 0 Å². The van der Waals surface area contributed by atoms with Gasteiger partial charge in [-0.15, -0.1) is 0 Å². The van der Waals surface area contributed by atoms with Gasteiger partial charge in [-0.3, -0.25) is 0 Å². The molecule has 0 aromatic heterocycles. The first kappa shape index (κ1) is 9.05. The van der Waals surface area contributed by atoms with Crippen LogP contribution in [-0.2, 0) is 0 Å². The van der Waals surface area contributed by atoms with Crippen LogP contribution in [0.5, 0.6) is 0 Å². The zero-order valence-corrected chi connectivity index (χ0v) is 7.15. The lowest BCUT2D eigenvalue weighted by molar-refractivity contribution is 0.303. The third kappa shape index (κ3) is 1.31. The van der Waals surface area contributed by atoms with Gasteiger partial charge in [0.1, 0.15) is 0 Å². The molecule has 2 unspecified atom stereocenters. The van der Waals surface area contributed by atoms with Crippen LogP contribution in [-0.4, -0.2) is 13.1 Å². The largest absolute Gasteiger partial charge is 0.316 e. The Morgan fingerprint density at radius 3 is 1.82 bits per heavy atom. The lowest BCUT2D eigenvalue weighted by atomic mass is 9.87. The Labute approximate surface area is 70.6 Å². The first-order valence-corrected chi connectivity index (χ1v) is 4.31. The quantitative estimate of drug-likeness (QED) is 0.565. The van der Waals surface area contributed by atoms with E-state index >= 15 is 0 Å². The lowest BCUT2D eigenvalue weighted by Gasteiger charge is -2.20. The molecule has 0 bridgehead atoms. The molecule has 66 valence electrons. The van der Waals surface area contributed by atoms with Gasteiger partial charge in [0.15, 0.2) is 0 Å². The van der Waals surface area contributed by atoms with E-state index in [1.165, 1.54) is 13.1 Å². The van der Waals surface area contributed by atoms with E-state index in [2.05, 4.69) is 26.1 Å². The van der Waals surface area contributed by atoms with E-state index < -0.39 is 0 Å². The SMILES string of the molecule is C.CC(C)(C)C1C2CNCC21. The summed E-state index contributed by atoms with van der Waals surface area (Å²) in [6.07, 6.45) is 0. The van der Waals surface area contributed by atoms with Gasteiger partial charge in [-0.05, 0) is 36.3 Å². The van der Waals surface area contributed by atoms with Gasteiger partial charge in [0.05, 0.1) is 0 Å². The second kappa shape index (κ2) is 2.48. The van der Waals surface area contributed by atoms with Crippen LogP contribution in [0.25, 0.3) is 0 Å². The van der Waals surface area contributed by atoms with Gasteiger partial charge in [0.25, 0.3) is 0 Å². The molecule has 0 amide bonds. The lowest BCUT2D eigenvalue weighted by Crippen LogP contribution is -2.21. The molecule has 11 heavy (non-hydrogen) atoms. The van der Waals surface area contributed by atoms with Gasteiger partial charge >= 0.3 is 0 Å². The Kier molecular flexibility index (Phi) is 2.04. The van der Waals surface area contributed by atoms with E-state index in [-0.39, 0.29) is 7.43 Å². The van der Waals surface area contributed by atoms with Crippen molar-refractivity contribution in [3.63, 3.8) is 0 Å². The standard InChI is InChI=1S/C9H17N.CH4/c1-9(2,3)8-6-4-10-5-7(6)8;/h6-8,10H,4-5H2,1-3H3;1H4. The Balaban J connectivity index is 0.000000605. The Morgan fingerprint density at radius 2 is 1.55 bits per heavy atom. The molecule has 0 aromatic rings. The van der Waals surface area contributed by atoms with E-state index in [1.54, 1.807) is 0 Å². The smallest absolute Gasteiger partial charge is 0.00142 e. The number of fused-ring (bicyclic) bond motifs is 1. The van der Waals surface area contributed by atoms with Crippen LogP contribution >= 0.6 is 0 Å². The highest BCUT2D eigenvalue weighted by molar-refractivity contribution is 5.07. The molecule has 1 heterocycles. The third-order valence-electron chi connectivity index (χ3n) is 3.09. The van der Waals surface area contributed by atoms with Crippen molar-refractivity contribution in [3.05, 3.63) is 0 Å². The third-order valence-corrected chi connectivity index (χ3v) is 3.09. The number of rotatable bonds is 0. The van der Waals surface area contributed by atoms with Gasteiger partial charge in [0, 0.05) is 0 Å². The molecule has 1 N–H and O–H groups in total. The van der Waals surface area contributed by atoms with Crippen LogP contribution in [0.4, 0.5) is 0 Å². The summed E-state index contributed by atoms with van der Waals surface area (Å²) in [5.41, 5.74) is 0.567. The average molecular weight is 155 g/mol. The highest BCUT2D eigenvalue weighted by Crippen LogP contribution is 2.57. The predicted molar refractivity (Wildman–Crippen MR) is 49.5 cm³/mol. The minimum Gasteiger partial charge on any atom is -0.316 e. The summed E-state index contributed by atoms with van der Waals surface area (Å²) in [4.78, 5) is 0. The molecule has 2 rings (SSSR count). The minimum atomic E-state index is 0. The maximum Gasteiger partial charge on any atom is -0.00142 e. The minimum absolute atomic E-state index is 0. The van der Waals surface area contributed by atoms with Crippen molar-refractivity contribution >= 4 is 0 Å². The fourth-order valence-electron chi connectivity index (χ4n) is 2.70. The normalized spacial score (nSPS) is 41.2. The van der Waals surface area contributed by atoms with Gasteiger partial charge in [0.2, 0.25) is 0 Å². The van der Waals surface area contributed by atoms with Gasteiger partial charge in [-0.1, -0.05) is 28.2 Å². The summed E-state index contributed by atoms with van der Waals surface area (Å²) >= 11 is 0. The average Bonchev–Trinajstić information content (AvgIpc) is 2.30. The van der Waals surface area contributed by atoms with Gasteiger partial charge in [-0.25, -0.2) is 0 Å². The highest BCUT2D eigenvalue weighted by Gasteiger charge is 2.57. The Morgan fingerprint density at radius 1 is 1.09 bits per heavy atom. The summed E-state index contributed by atoms with van der Waals surface area (Å²) in [7, 11) is 0. The Bertz CT molecular complexity index is 135. The molecule has 0 aromatic carbocycles. The van der Waals surface area contributed by atoms with Crippen molar-refractivity contribution in [2.45, 2.75) is 28.2 Å². The highest BCUT2D eigenvalue weighted by atomic mass is 15.0. The molecule has 2 fully saturated rings. The van der Waals surface area contributed by atoms with E-state index in [9.17, 15) is 0 Å².